The molecule has 0 bridgehead atoms. The van der Waals surface area contributed by atoms with Crippen molar-refractivity contribution in [2.24, 2.45) is 0 Å². The molecule has 0 spiro atoms. The van der Waals surface area contributed by atoms with E-state index in [1.807, 2.05) is 19.1 Å². The zero-order chi connectivity index (χ0) is 27.5. The zero-order valence-electron chi connectivity index (χ0n) is 22.7. The Morgan fingerprint density at radius 2 is 1.66 bits per heavy atom. The highest BCUT2D eigenvalue weighted by Crippen LogP contribution is 2.37. The number of carbonyl (C=O) groups is 2. The number of ketones is 1. The SMILES string of the molecule is C=C(CCC(=O)c1n[nH]c2c1CN(C(=O)O)[C@H](C)C2)CO[Si](c1ccccc1)(c1ccccc1)C(C)(C)C. The van der Waals surface area contributed by atoms with Gasteiger partial charge in [0.1, 0.15) is 5.69 Å². The van der Waals surface area contributed by atoms with Gasteiger partial charge in [-0.25, -0.2) is 4.79 Å². The molecule has 0 aliphatic carbocycles. The molecule has 0 saturated carbocycles. The van der Waals surface area contributed by atoms with Crippen LogP contribution >= 0.6 is 0 Å². The van der Waals surface area contributed by atoms with Crippen LogP contribution in [-0.2, 0) is 17.4 Å². The van der Waals surface area contributed by atoms with E-state index in [0.717, 1.165) is 11.3 Å². The number of nitrogens with one attached hydrogen (secondary N) is 1. The van der Waals surface area contributed by atoms with Crippen molar-refractivity contribution in [1.29, 1.82) is 0 Å². The Morgan fingerprint density at radius 3 is 2.18 bits per heavy atom. The first-order valence-corrected chi connectivity index (χ1v) is 15.0. The topological polar surface area (TPSA) is 95.5 Å². The first kappa shape index (κ1) is 27.5. The molecule has 1 aliphatic heterocycles. The van der Waals surface area contributed by atoms with E-state index in [9.17, 15) is 14.7 Å². The van der Waals surface area contributed by atoms with Crippen LogP contribution in [0.1, 0.15) is 62.3 Å². The Hall–Kier alpha value is -3.49. The van der Waals surface area contributed by atoms with Crippen molar-refractivity contribution in [2.75, 3.05) is 6.61 Å². The van der Waals surface area contributed by atoms with Crippen LogP contribution in [0.25, 0.3) is 0 Å². The minimum atomic E-state index is -2.69. The summed E-state index contributed by atoms with van der Waals surface area (Å²) < 4.78 is 6.93. The second-order valence-corrected chi connectivity index (χ2v) is 15.4. The van der Waals surface area contributed by atoms with Gasteiger partial charge < -0.3 is 14.4 Å². The summed E-state index contributed by atoms with van der Waals surface area (Å²) in [5, 5.41) is 19.0. The lowest BCUT2D eigenvalue weighted by Gasteiger charge is -2.43. The van der Waals surface area contributed by atoms with E-state index in [0.29, 0.717) is 30.7 Å². The van der Waals surface area contributed by atoms with Gasteiger partial charge in [-0.15, -0.1) is 0 Å². The van der Waals surface area contributed by atoms with E-state index in [1.165, 1.54) is 15.3 Å². The van der Waals surface area contributed by atoms with Crippen LogP contribution in [0, 0.1) is 0 Å². The van der Waals surface area contributed by atoms with Crippen molar-refractivity contribution < 1.29 is 19.1 Å². The van der Waals surface area contributed by atoms with Crippen molar-refractivity contribution in [3.63, 3.8) is 0 Å². The minimum Gasteiger partial charge on any atom is -0.465 e. The van der Waals surface area contributed by atoms with E-state index < -0.39 is 14.4 Å². The molecule has 3 aromatic rings. The first-order valence-electron chi connectivity index (χ1n) is 13.0. The molecule has 4 rings (SSSR count). The first-order chi connectivity index (χ1) is 18.0. The van der Waals surface area contributed by atoms with Gasteiger partial charge in [0.25, 0.3) is 8.32 Å². The van der Waals surface area contributed by atoms with Gasteiger partial charge in [-0.05, 0) is 28.8 Å². The van der Waals surface area contributed by atoms with Gasteiger partial charge in [-0.2, -0.15) is 5.10 Å². The number of aromatic nitrogens is 2. The standard InChI is InChI=1S/C30H37N3O4Si/c1-21(16-17-27(34)28-25-19-33(29(35)36)22(2)18-26(25)31-32-28)20-37-38(30(3,4)5,23-12-8-6-9-13-23)24-14-10-7-11-15-24/h6-15,22H,1,16-20H2,2-5H3,(H,31,32)(H,35,36)/t22-/m1/s1. The van der Waals surface area contributed by atoms with Gasteiger partial charge in [0.15, 0.2) is 5.78 Å². The number of aromatic amines is 1. The van der Waals surface area contributed by atoms with Crippen molar-refractivity contribution in [1.82, 2.24) is 15.1 Å². The summed E-state index contributed by atoms with van der Waals surface area (Å²) in [6, 6.07) is 20.7. The van der Waals surface area contributed by atoms with Gasteiger partial charge in [0, 0.05) is 30.1 Å². The molecule has 2 aromatic carbocycles. The highest BCUT2D eigenvalue weighted by Gasteiger charge is 2.50. The molecular formula is C30H37N3O4Si. The van der Waals surface area contributed by atoms with E-state index in [1.54, 1.807) is 0 Å². The summed E-state index contributed by atoms with van der Waals surface area (Å²) >= 11 is 0. The molecule has 0 saturated heterocycles. The number of carboxylic acid groups (broad SMARTS) is 1. The molecule has 7 nitrogen and oxygen atoms in total. The van der Waals surface area contributed by atoms with Gasteiger partial charge in [0.2, 0.25) is 0 Å². The lowest BCUT2D eigenvalue weighted by atomic mass is 9.97. The molecule has 1 aromatic heterocycles. The van der Waals surface area contributed by atoms with Crippen LogP contribution in [0.5, 0.6) is 0 Å². The molecule has 1 aliphatic rings. The maximum Gasteiger partial charge on any atom is 0.407 e. The number of carbonyl (C=O) groups excluding carboxylic acids is 1. The van der Waals surface area contributed by atoms with Crippen LogP contribution < -0.4 is 10.4 Å². The molecule has 2 N–H and O–H groups in total. The Kier molecular flexibility index (Phi) is 8.04. The highest BCUT2D eigenvalue weighted by molar-refractivity contribution is 6.99. The average molecular weight is 532 g/mol. The second kappa shape index (κ2) is 11.1. The summed E-state index contributed by atoms with van der Waals surface area (Å²) in [6.45, 7) is 13.3. The maximum absolute atomic E-state index is 13.1. The molecule has 0 unspecified atom stereocenters. The molecule has 38 heavy (non-hydrogen) atoms. The fraction of sp³-hybridized carbons (Fsp3) is 0.367. The van der Waals surface area contributed by atoms with E-state index >= 15 is 0 Å². The van der Waals surface area contributed by atoms with Crippen LogP contribution in [0.2, 0.25) is 5.04 Å². The van der Waals surface area contributed by atoms with Gasteiger partial charge >= 0.3 is 6.09 Å². The van der Waals surface area contributed by atoms with Crippen molar-refractivity contribution >= 4 is 30.6 Å². The number of rotatable bonds is 9. The number of nitrogens with zero attached hydrogens (tertiary/aromatic N) is 2. The van der Waals surface area contributed by atoms with E-state index in [4.69, 9.17) is 4.43 Å². The smallest absolute Gasteiger partial charge is 0.407 e. The summed E-state index contributed by atoms with van der Waals surface area (Å²) in [4.78, 5) is 26.1. The molecule has 200 valence electrons. The summed E-state index contributed by atoms with van der Waals surface area (Å²) in [7, 11) is -2.69. The highest BCUT2D eigenvalue weighted by atomic mass is 28.4. The predicted octanol–water partition coefficient (Wildman–Crippen LogP) is 4.93. The zero-order valence-corrected chi connectivity index (χ0v) is 23.7. The van der Waals surface area contributed by atoms with Gasteiger partial charge in [-0.1, -0.05) is 93.6 Å². The Labute approximate surface area is 225 Å². The Balaban J connectivity index is 1.48. The summed E-state index contributed by atoms with van der Waals surface area (Å²) in [5.41, 5.74) is 2.70. The molecule has 8 heteroatoms. The number of amides is 1. The number of fused-ring (bicyclic) bond motifs is 1. The maximum atomic E-state index is 13.1. The minimum absolute atomic E-state index is 0.117. The third kappa shape index (κ3) is 5.37. The van der Waals surface area contributed by atoms with Crippen molar-refractivity contribution in [3.8, 4) is 0 Å². The number of hydrogen-bond donors (Lipinski definition) is 2. The van der Waals surface area contributed by atoms with E-state index in [-0.39, 0.29) is 29.8 Å². The van der Waals surface area contributed by atoms with E-state index in [2.05, 4.69) is 86.1 Å². The Bertz CT molecular complexity index is 1260. The fourth-order valence-corrected chi connectivity index (χ4v) is 9.99. The van der Waals surface area contributed by atoms with Gasteiger partial charge in [-0.3, -0.25) is 9.89 Å². The Morgan fingerprint density at radius 1 is 1.08 bits per heavy atom. The summed E-state index contributed by atoms with van der Waals surface area (Å²) in [5.74, 6) is -0.117. The molecule has 0 radical (unpaired) electrons. The number of hydrogen-bond acceptors (Lipinski definition) is 4. The average Bonchev–Trinajstić information content (AvgIpc) is 3.30. The van der Waals surface area contributed by atoms with Crippen molar-refractivity contribution in [3.05, 3.63) is 89.8 Å². The largest absolute Gasteiger partial charge is 0.465 e. The molecular weight excluding hydrogens is 494 g/mol. The lowest BCUT2D eigenvalue weighted by molar-refractivity contribution is 0.0968. The normalized spacial score (nSPS) is 15.7. The second-order valence-electron chi connectivity index (χ2n) is 11.1. The van der Waals surface area contributed by atoms with Crippen LogP contribution in [-0.4, -0.2) is 53.0 Å². The third-order valence-corrected chi connectivity index (χ3v) is 12.4. The van der Waals surface area contributed by atoms with Crippen molar-refractivity contribution in [2.45, 2.75) is 64.6 Å². The fourth-order valence-electron chi connectivity index (χ4n) is 5.41. The van der Waals surface area contributed by atoms with Gasteiger partial charge in [0.05, 0.1) is 13.2 Å². The van der Waals surface area contributed by atoms with Crippen LogP contribution in [0.3, 0.4) is 0 Å². The monoisotopic (exact) mass is 531 g/mol. The predicted molar refractivity (Wildman–Crippen MR) is 152 cm³/mol. The lowest BCUT2D eigenvalue weighted by Crippen LogP contribution is -2.66. The van der Waals surface area contributed by atoms with Crippen LogP contribution in [0.4, 0.5) is 4.79 Å². The quantitative estimate of drug-likeness (QED) is 0.232. The molecule has 1 atom stereocenters. The summed E-state index contributed by atoms with van der Waals surface area (Å²) in [6.07, 6.45) is 0.234. The molecule has 0 fully saturated rings. The molecule has 2 heterocycles. The third-order valence-electron chi connectivity index (χ3n) is 7.44. The number of Topliss-reactive ketones (excluding diaryl/α,β-unsaturated/α-hetero) is 1. The molecule has 1 amide bonds. The number of benzene rings is 2. The van der Waals surface area contributed by atoms with Crippen LogP contribution in [0.15, 0.2) is 72.8 Å². The number of H-pyrrole nitrogens is 1.